The molecule has 0 unspecified atom stereocenters. The summed E-state index contributed by atoms with van der Waals surface area (Å²) in [5, 5.41) is 30.0. The summed E-state index contributed by atoms with van der Waals surface area (Å²) in [6, 6.07) is 15.6. The molecule has 3 rings (SSSR count). The SMILES string of the molecule is Cc1cccc([S-])[n+]1O.Cc1cccc([S-])[n+]1O.Cc1cccc([S-])[n+]1[O-].[Co+3]. The van der Waals surface area contributed by atoms with Crippen molar-refractivity contribution in [1.29, 1.82) is 0 Å². The third-order valence-corrected chi connectivity index (χ3v) is 4.25. The van der Waals surface area contributed by atoms with E-state index in [1.54, 1.807) is 63.2 Å². The molecule has 0 aliphatic rings. The van der Waals surface area contributed by atoms with Crippen LogP contribution in [-0.4, -0.2) is 10.4 Å². The average Bonchev–Trinajstić information content (AvgIpc) is 2.63. The maximum absolute atomic E-state index is 10.8. The number of pyridine rings is 3. The topological polar surface area (TPSA) is 75.2 Å². The first-order valence-corrected chi connectivity index (χ1v) is 8.99. The van der Waals surface area contributed by atoms with E-state index in [0.29, 0.717) is 20.8 Å². The number of aromatic nitrogens is 3. The van der Waals surface area contributed by atoms with Crippen LogP contribution in [0.4, 0.5) is 0 Å². The Bertz CT molecular complexity index is 736. The fraction of sp³-hybridized carbons (Fsp3) is 0.167. The van der Waals surface area contributed by atoms with Crippen LogP contribution in [0.25, 0.3) is 0 Å². The van der Waals surface area contributed by atoms with Crippen LogP contribution >= 0.6 is 0 Å². The van der Waals surface area contributed by atoms with E-state index in [2.05, 4.69) is 0 Å². The monoisotopic (exact) mass is 481 g/mol. The van der Waals surface area contributed by atoms with Gasteiger partial charge in [-0.05, 0) is 27.7 Å². The second-order valence-corrected chi connectivity index (χ2v) is 6.69. The third kappa shape index (κ3) is 7.95. The van der Waals surface area contributed by atoms with E-state index in [9.17, 15) is 5.21 Å². The van der Waals surface area contributed by atoms with Gasteiger partial charge in [-0.2, -0.15) is 4.73 Å². The molecule has 3 aromatic rings. The standard InChI is InChI=1S/3C6H7NOS.Co/c3*1-5-3-2-4-6(9)7(5)8;/h2-4,9H,1H3;2*2-4,8H,1H3;/q;;;+3/p-1. The van der Waals surface area contributed by atoms with Crippen LogP contribution in [0.5, 0.6) is 0 Å². The van der Waals surface area contributed by atoms with Crippen LogP contribution in [0.15, 0.2) is 69.7 Å². The molecule has 6 nitrogen and oxygen atoms in total. The maximum Gasteiger partial charge on any atom is 3.00 e. The fourth-order valence-electron chi connectivity index (χ4n) is 1.75. The van der Waals surface area contributed by atoms with Crippen molar-refractivity contribution in [2.75, 3.05) is 0 Å². The van der Waals surface area contributed by atoms with E-state index in [1.807, 2.05) is 12.1 Å². The molecule has 0 saturated carbocycles. The summed E-state index contributed by atoms with van der Waals surface area (Å²) >= 11 is 14.2. The second-order valence-electron chi connectivity index (χ2n) is 5.43. The van der Waals surface area contributed by atoms with Crippen LogP contribution in [0.3, 0.4) is 0 Å². The molecule has 0 spiro atoms. The van der Waals surface area contributed by atoms with Gasteiger partial charge in [-0.15, -0.1) is 0 Å². The predicted molar refractivity (Wildman–Crippen MR) is 104 cm³/mol. The van der Waals surface area contributed by atoms with Crippen molar-refractivity contribution in [3.8, 4) is 0 Å². The molecule has 10 heteroatoms. The van der Waals surface area contributed by atoms with Crippen LogP contribution in [0.2, 0.25) is 0 Å². The molecule has 0 aliphatic carbocycles. The van der Waals surface area contributed by atoms with Gasteiger partial charge < -0.3 is 43.1 Å². The normalized spacial score (nSPS) is 9.11. The molecule has 3 heterocycles. The van der Waals surface area contributed by atoms with Crippen LogP contribution in [0, 0.1) is 26.0 Å². The molecule has 2 N–H and O–H groups in total. The van der Waals surface area contributed by atoms with Gasteiger partial charge in [0.15, 0.2) is 5.69 Å². The van der Waals surface area contributed by atoms with E-state index in [-0.39, 0.29) is 16.8 Å². The van der Waals surface area contributed by atoms with Crippen LogP contribution < -0.4 is 14.2 Å². The van der Waals surface area contributed by atoms with E-state index in [4.69, 9.17) is 48.3 Å². The Morgan fingerprint density at radius 2 is 0.964 bits per heavy atom. The Kier molecular flexibility index (Phi) is 11.6. The van der Waals surface area contributed by atoms with Gasteiger partial charge >= 0.3 is 16.8 Å². The first-order valence-electron chi connectivity index (χ1n) is 7.77. The first kappa shape index (κ1) is 26.0. The van der Waals surface area contributed by atoms with Gasteiger partial charge in [0.1, 0.15) is 10.1 Å². The summed E-state index contributed by atoms with van der Waals surface area (Å²) in [6.07, 6.45) is 0. The van der Waals surface area contributed by atoms with E-state index < -0.39 is 0 Å². The Morgan fingerprint density at radius 1 is 0.643 bits per heavy atom. The summed E-state index contributed by atoms with van der Waals surface area (Å²) in [7, 11) is 0. The largest absolute Gasteiger partial charge is 3.00 e. The van der Waals surface area contributed by atoms with Crippen molar-refractivity contribution >= 4 is 37.9 Å². The second kappa shape index (κ2) is 12.5. The molecule has 0 saturated heterocycles. The molecule has 0 aliphatic heterocycles. The molecular weight excluding hydrogens is 461 g/mol. The Balaban J connectivity index is 0.000000384. The number of hydrogen-bond donors (Lipinski definition) is 2. The van der Waals surface area contributed by atoms with Gasteiger partial charge in [0.2, 0.25) is 11.4 Å². The molecule has 3 aromatic heterocycles. The number of nitrogens with zero attached hydrogens (tertiary/aromatic N) is 3. The summed E-state index contributed by atoms with van der Waals surface area (Å²) in [4.78, 5) is 0. The van der Waals surface area contributed by atoms with E-state index in [1.165, 1.54) is 0 Å². The van der Waals surface area contributed by atoms with Crippen LogP contribution in [0.1, 0.15) is 17.1 Å². The molecule has 0 radical (unpaired) electrons. The molecule has 0 fully saturated rings. The van der Waals surface area contributed by atoms with Crippen molar-refractivity contribution in [2.24, 2.45) is 0 Å². The van der Waals surface area contributed by atoms with Gasteiger partial charge in [-0.3, -0.25) is 10.4 Å². The predicted octanol–water partition coefficient (Wildman–Crippen LogP) is 1.38. The molecule has 0 amide bonds. The van der Waals surface area contributed by atoms with Crippen molar-refractivity contribution in [2.45, 2.75) is 35.8 Å². The quantitative estimate of drug-likeness (QED) is 0.219. The number of rotatable bonds is 0. The minimum Gasteiger partial charge on any atom is -0.709 e. The average molecular weight is 482 g/mol. The van der Waals surface area contributed by atoms with Gasteiger partial charge in [0.05, 0.1) is 5.03 Å². The number of aryl methyl sites for hydroxylation is 3. The smallest absolute Gasteiger partial charge is 0.709 e. The summed E-state index contributed by atoms with van der Waals surface area (Å²) in [5.41, 5.74) is 2.15. The van der Waals surface area contributed by atoms with Gasteiger partial charge in [-0.1, -0.05) is 18.2 Å². The zero-order valence-electron chi connectivity index (χ0n) is 15.4. The Hall–Kier alpha value is -1.98. The number of hydrogen-bond acceptors (Lipinski definition) is 6. The van der Waals surface area contributed by atoms with Gasteiger partial charge in [-0.25, -0.2) is 0 Å². The third-order valence-electron chi connectivity index (χ3n) is 3.33. The minimum absolute atomic E-state index is 0. The maximum atomic E-state index is 10.8. The minimum atomic E-state index is 0. The molecule has 0 atom stereocenters. The van der Waals surface area contributed by atoms with Crippen molar-refractivity contribution in [3.05, 3.63) is 76.9 Å². The van der Waals surface area contributed by atoms with Crippen molar-refractivity contribution in [3.63, 3.8) is 0 Å². The zero-order chi connectivity index (χ0) is 20.6. The van der Waals surface area contributed by atoms with Gasteiger partial charge in [0, 0.05) is 39.0 Å². The van der Waals surface area contributed by atoms with E-state index >= 15 is 0 Å². The van der Waals surface area contributed by atoms with Crippen LogP contribution in [-0.2, 0) is 54.7 Å². The molecule has 0 aromatic carbocycles. The summed E-state index contributed by atoms with van der Waals surface area (Å²) in [6.45, 7) is 5.30. The molecular formula is C18H20CoN3O3S3+2. The zero-order valence-corrected chi connectivity index (χ0v) is 18.9. The summed E-state index contributed by atoms with van der Waals surface area (Å²) < 4.78 is 2.69. The fourth-order valence-corrected chi connectivity index (χ4v) is 2.42. The Labute approximate surface area is 191 Å². The van der Waals surface area contributed by atoms with Crippen molar-refractivity contribution < 1.29 is 41.4 Å². The Morgan fingerprint density at radius 3 is 1.21 bits per heavy atom. The molecule has 0 bridgehead atoms. The molecule has 150 valence electrons. The van der Waals surface area contributed by atoms with E-state index in [0.717, 1.165) is 25.6 Å². The van der Waals surface area contributed by atoms with Crippen molar-refractivity contribution in [1.82, 2.24) is 0 Å². The first-order chi connectivity index (χ1) is 12.6. The molecule has 28 heavy (non-hydrogen) atoms. The summed E-state index contributed by atoms with van der Waals surface area (Å²) in [5.74, 6) is 0. The van der Waals surface area contributed by atoms with Gasteiger partial charge in [0.25, 0.3) is 0 Å².